The van der Waals surface area contributed by atoms with Crippen LogP contribution in [-0.2, 0) is 0 Å². The SMILES string of the molecule is Clc1ccc2c(c1)C1C=CC=C(c3ccccc3-c3ccccc3)C1O2. The molecule has 1 aliphatic carbocycles. The van der Waals surface area contributed by atoms with Gasteiger partial charge in [0.25, 0.3) is 0 Å². The number of allylic oxidation sites excluding steroid dienone is 2. The summed E-state index contributed by atoms with van der Waals surface area (Å²) in [6.07, 6.45) is 6.51. The second-order valence-corrected chi connectivity index (χ2v) is 7.10. The van der Waals surface area contributed by atoms with Crippen LogP contribution in [0.15, 0.2) is 91.0 Å². The molecule has 1 aliphatic heterocycles. The molecule has 0 fully saturated rings. The van der Waals surface area contributed by atoms with Gasteiger partial charge in [0.15, 0.2) is 0 Å². The average molecular weight is 357 g/mol. The van der Waals surface area contributed by atoms with Crippen LogP contribution in [0.1, 0.15) is 17.0 Å². The molecule has 0 spiro atoms. The first-order chi connectivity index (χ1) is 12.8. The minimum absolute atomic E-state index is 0.0154. The molecule has 1 nitrogen and oxygen atoms in total. The van der Waals surface area contributed by atoms with Crippen LogP contribution in [0.3, 0.4) is 0 Å². The van der Waals surface area contributed by atoms with E-state index in [0.717, 1.165) is 10.8 Å². The molecule has 2 atom stereocenters. The normalized spacial score (nSPS) is 20.1. The number of halogens is 1. The van der Waals surface area contributed by atoms with E-state index in [2.05, 4.69) is 66.8 Å². The quantitative estimate of drug-likeness (QED) is 0.509. The van der Waals surface area contributed by atoms with Crippen LogP contribution in [-0.4, -0.2) is 6.10 Å². The van der Waals surface area contributed by atoms with Crippen molar-refractivity contribution < 1.29 is 4.74 Å². The van der Waals surface area contributed by atoms with Crippen molar-refractivity contribution in [3.63, 3.8) is 0 Å². The first-order valence-corrected chi connectivity index (χ1v) is 9.18. The van der Waals surface area contributed by atoms with E-state index in [0.29, 0.717) is 0 Å². The van der Waals surface area contributed by atoms with Crippen LogP contribution in [0.25, 0.3) is 16.7 Å². The predicted molar refractivity (Wildman–Crippen MR) is 108 cm³/mol. The minimum atomic E-state index is -0.0154. The maximum atomic E-state index is 6.35. The molecule has 1 heterocycles. The van der Waals surface area contributed by atoms with Crippen molar-refractivity contribution in [2.45, 2.75) is 12.0 Å². The Morgan fingerprint density at radius 3 is 2.42 bits per heavy atom. The molecule has 0 radical (unpaired) electrons. The molecule has 26 heavy (non-hydrogen) atoms. The number of fused-ring (bicyclic) bond motifs is 3. The molecule has 0 amide bonds. The van der Waals surface area contributed by atoms with Crippen LogP contribution in [0.5, 0.6) is 5.75 Å². The second-order valence-electron chi connectivity index (χ2n) is 6.66. The Bertz CT molecular complexity index is 1030. The molecule has 5 rings (SSSR count). The van der Waals surface area contributed by atoms with Crippen LogP contribution in [0.2, 0.25) is 5.02 Å². The summed E-state index contributed by atoms with van der Waals surface area (Å²) in [5.41, 5.74) is 6.04. The standard InChI is InChI=1S/C24H17ClO/c25-17-13-14-23-22(15-17)21-12-6-11-20(24(21)26-23)19-10-5-4-9-18(19)16-7-2-1-3-8-16/h1-15,21,24H. The summed E-state index contributed by atoms with van der Waals surface area (Å²) in [6.45, 7) is 0. The third-order valence-electron chi connectivity index (χ3n) is 5.13. The third-order valence-corrected chi connectivity index (χ3v) is 5.37. The lowest BCUT2D eigenvalue weighted by atomic mass is 9.82. The summed E-state index contributed by atoms with van der Waals surface area (Å²) < 4.78 is 6.35. The fourth-order valence-electron chi connectivity index (χ4n) is 3.94. The van der Waals surface area contributed by atoms with Crippen molar-refractivity contribution in [3.8, 4) is 16.9 Å². The van der Waals surface area contributed by atoms with E-state index in [-0.39, 0.29) is 12.0 Å². The zero-order valence-electron chi connectivity index (χ0n) is 14.1. The summed E-state index contributed by atoms with van der Waals surface area (Å²) in [5, 5.41) is 0.752. The third kappa shape index (κ3) is 2.48. The minimum Gasteiger partial charge on any atom is -0.484 e. The predicted octanol–water partition coefficient (Wildman–Crippen LogP) is 6.51. The van der Waals surface area contributed by atoms with Crippen molar-refractivity contribution in [1.29, 1.82) is 0 Å². The highest BCUT2D eigenvalue weighted by Crippen LogP contribution is 2.47. The van der Waals surface area contributed by atoms with Gasteiger partial charge in [0, 0.05) is 22.1 Å². The molecule has 2 unspecified atom stereocenters. The van der Waals surface area contributed by atoms with Crippen molar-refractivity contribution >= 4 is 17.2 Å². The highest BCUT2D eigenvalue weighted by Gasteiger charge is 2.37. The molecule has 126 valence electrons. The lowest BCUT2D eigenvalue weighted by Crippen LogP contribution is -2.21. The van der Waals surface area contributed by atoms with Gasteiger partial charge in [-0.05, 0) is 34.9 Å². The highest BCUT2D eigenvalue weighted by atomic mass is 35.5. The fraction of sp³-hybridized carbons (Fsp3) is 0.0833. The van der Waals surface area contributed by atoms with Gasteiger partial charge in [-0.25, -0.2) is 0 Å². The number of hydrogen-bond acceptors (Lipinski definition) is 1. The number of hydrogen-bond donors (Lipinski definition) is 0. The molecular formula is C24H17ClO. The summed E-state index contributed by atoms with van der Waals surface area (Å²) in [7, 11) is 0. The van der Waals surface area contributed by atoms with E-state index < -0.39 is 0 Å². The molecule has 0 aromatic heterocycles. The van der Waals surface area contributed by atoms with Gasteiger partial charge in [0.1, 0.15) is 11.9 Å². The van der Waals surface area contributed by atoms with Gasteiger partial charge in [-0.15, -0.1) is 0 Å². The average Bonchev–Trinajstić information content (AvgIpc) is 3.07. The Labute approximate surface area is 158 Å². The van der Waals surface area contributed by atoms with Crippen molar-refractivity contribution in [3.05, 3.63) is 107 Å². The molecular weight excluding hydrogens is 340 g/mol. The first kappa shape index (κ1) is 15.5. The van der Waals surface area contributed by atoms with Gasteiger partial charge in [-0.1, -0.05) is 84.4 Å². The van der Waals surface area contributed by atoms with Gasteiger partial charge in [-0.2, -0.15) is 0 Å². The molecule has 2 aliphatic rings. The molecule has 0 bridgehead atoms. The molecule has 0 N–H and O–H groups in total. The fourth-order valence-corrected chi connectivity index (χ4v) is 4.12. The molecule has 3 aromatic rings. The second kappa shape index (κ2) is 6.19. The van der Waals surface area contributed by atoms with E-state index >= 15 is 0 Å². The zero-order chi connectivity index (χ0) is 17.5. The highest BCUT2D eigenvalue weighted by molar-refractivity contribution is 6.30. The topological polar surface area (TPSA) is 9.23 Å². The van der Waals surface area contributed by atoms with E-state index in [1.165, 1.54) is 27.8 Å². The molecule has 0 saturated heterocycles. The Morgan fingerprint density at radius 1 is 0.808 bits per heavy atom. The van der Waals surface area contributed by atoms with E-state index in [1.807, 2.05) is 24.3 Å². The largest absolute Gasteiger partial charge is 0.484 e. The van der Waals surface area contributed by atoms with Crippen LogP contribution in [0, 0.1) is 0 Å². The van der Waals surface area contributed by atoms with E-state index in [1.54, 1.807) is 0 Å². The maximum absolute atomic E-state index is 6.35. The number of ether oxygens (including phenoxy) is 1. The van der Waals surface area contributed by atoms with E-state index in [9.17, 15) is 0 Å². The van der Waals surface area contributed by atoms with Crippen LogP contribution >= 0.6 is 11.6 Å². The Kier molecular flexibility index (Phi) is 3.69. The van der Waals surface area contributed by atoms with Gasteiger partial charge < -0.3 is 4.74 Å². The lowest BCUT2D eigenvalue weighted by molar-refractivity contribution is 0.278. The van der Waals surface area contributed by atoms with Gasteiger partial charge in [0.05, 0.1) is 0 Å². The monoisotopic (exact) mass is 356 g/mol. The van der Waals surface area contributed by atoms with Crippen molar-refractivity contribution in [2.75, 3.05) is 0 Å². The Morgan fingerprint density at radius 2 is 1.58 bits per heavy atom. The maximum Gasteiger partial charge on any atom is 0.135 e. The Balaban J connectivity index is 1.61. The molecule has 3 aromatic carbocycles. The van der Waals surface area contributed by atoms with Gasteiger partial charge in [-0.3, -0.25) is 0 Å². The summed E-state index contributed by atoms with van der Waals surface area (Å²) in [6, 6.07) is 24.9. The van der Waals surface area contributed by atoms with Crippen LogP contribution < -0.4 is 4.74 Å². The Hall–Kier alpha value is -2.77. The van der Waals surface area contributed by atoms with Crippen LogP contribution in [0.4, 0.5) is 0 Å². The first-order valence-electron chi connectivity index (χ1n) is 8.80. The number of benzene rings is 3. The van der Waals surface area contributed by atoms with Gasteiger partial charge >= 0.3 is 0 Å². The zero-order valence-corrected chi connectivity index (χ0v) is 14.9. The summed E-state index contributed by atoms with van der Waals surface area (Å²) in [4.78, 5) is 0. The summed E-state index contributed by atoms with van der Waals surface area (Å²) >= 11 is 6.22. The smallest absolute Gasteiger partial charge is 0.135 e. The number of rotatable bonds is 2. The van der Waals surface area contributed by atoms with Gasteiger partial charge in [0.2, 0.25) is 0 Å². The van der Waals surface area contributed by atoms with E-state index in [4.69, 9.17) is 16.3 Å². The van der Waals surface area contributed by atoms with Crippen molar-refractivity contribution in [1.82, 2.24) is 0 Å². The molecule has 2 heteroatoms. The van der Waals surface area contributed by atoms with Crippen molar-refractivity contribution in [2.24, 2.45) is 0 Å². The lowest BCUT2D eigenvalue weighted by Gasteiger charge is -2.24. The summed E-state index contributed by atoms with van der Waals surface area (Å²) in [5.74, 6) is 1.13. The molecule has 0 saturated carbocycles.